The van der Waals surface area contributed by atoms with Crippen LogP contribution in [0.1, 0.15) is 63.6 Å². The molecule has 0 spiro atoms. The van der Waals surface area contributed by atoms with Crippen LogP contribution < -0.4 is 5.32 Å². The zero-order chi connectivity index (χ0) is 14.8. The van der Waals surface area contributed by atoms with Crippen molar-refractivity contribution in [3.05, 3.63) is 34.3 Å². The minimum Gasteiger partial charge on any atom is -0.307 e. The number of nitrogens with one attached hydrogen (secondary N) is 1. The second-order valence-electron chi connectivity index (χ2n) is 8.26. The van der Waals surface area contributed by atoms with Crippen LogP contribution in [-0.2, 0) is 6.42 Å². The Kier molecular flexibility index (Phi) is 3.01. The Balaban J connectivity index is 1.57. The van der Waals surface area contributed by atoms with Crippen LogP contribution in [0.25, 0.3) is 0 Å². The van der Waals surface area contributed by atoms with E-state index in [2.05, 4.69) is 38.2 Å². The maximum atomic E-state index is 6.13. The highest BCUT2D eigenvalue weighted by molar-refractivity contribution is 6.30. The average Bonchev–Trinajstić information content (AvgIpc) is 2.98. The van der Waals surface area contributed by atoms with E-state index in [1.165, 1.54) is 43.2 Å². The molecule has 2 fully saturated rings. The highest BCUT2D eigenvalue weighted by Crippen LogP contribution is 2.65. The first-order valence-electron chi connectivity index (χ1n) is 8.46. The molecular formula is C19H26ClN. The highest BCUT2D eigenvalue weighted by atomic mass is 35.5. The van der Waals surface area contributed by atoms with E-state index in [-0.39, 0.29) is 0 Å². The molecule has 2 saturated carbocycles. The maximum absolute atomic E-state index is 6.13. The third-order valence-electron chi connectivity index (χ3n) is 7.38. The van der Waals surface area contributed by atoms with Crippen molar-refractivity contribution in [3.8, 4) is 0 Å². The van der Waals surface area contributed by atoms with E-state index in [1.54, 1.807) is 0 Å². The summed E-state index contributed by atoms with van der Waals surface area (Å²) in [5.74, 6) is 0.908. The lowest BCUT2D eigenvalue weighted by Gasteiger charge is -2.41. The number of benzene rings is 1. The summed E-state index contributed by atoms with van der Waals surface area (Å²) in [7, 11) is 0. The van der Waals surface area contributed by atoms with E-state index in [0.717, 1.165) is 10.9 Å². The molecule has 21 heavy (non-hydrogen) atoms. The predicted molar refractivity (Wildman–Crippen MR) is 88.7 cm³/mol. The lowest BCUT2D eigenvalue weighted by Crippen LogP contribution is -2.45. The molecule has 0 amide bonds. The van der Waals surface area contributed by atoms with Gasteiger partial charge in [-0.15, -0.1) is 0 Å². The molecule has 0 saturated heterocycles. The molecule has 0 radical (unpaired) electrons. The Morgan fingerprint density at radius 1 is 1.19 bits per heavy atom. The first kappa shape index (κ1) is 14.1. The van der Waals surface area contributed by atoms with E-state index < -0.39 is 0 Å². The summed E-state index contributed by atoms with van der Waals surface area (Å²) < 4.78 is 0. The van der Waals surface area contributed by atoms with Gasteiger partial charge in [0, 0.05) is 17.1 Å². The second kappa shape index (κ2) is 4.49. The summed E-state index contributed by atoms with van der Waals surface area (Å²) in [5.41, 5.74) is 3.90. The van der Waals surface area contributed by atoms with E-state index in [9.17, 15) is 0 Å². The maximum Gasteiger partial charge on any atom is 0.0408 e. The summed E-state index contributed by atoms with van der Waals surface area (Å²) in [4.78, 5) is 0. The fourth-order valence-electron chi connectivity index (χ4n) is 5.46. The molecule has 2 bridgehead atoms. The van der Waals surface area contributed by atoms with Crippen LogP contribution in [-0.4, -0.2) is 6.04 Å². The monoisotopic (exact) mass is 303 g/mol. The van der Waals surface area contributed by atoms with Gasteiger partial charge >= 0.3 is 0 Å². The van der Waals surface area contributed by atoms with Crippen molar-refractivity contribution in [1.82, 2.24) is 5.32 Å². The Morgan fingerprint density at radius 2 is 2.00 bits per heavy atom. The first-order valence-corrected chi connectivity index (χ1v) is 8.84. The highest BCUT2D eigenvalue weighted by Gasteiger charge is 2.61. The zero-order valence-electron chi connectivity index (χ0n) is 13.4. The fourth-order valence-corrected chi connectivity index (χ4v) is 5.65. The van der Waals surface area contributed by atoms with Crippen molar-refractivity contribution in [2.75, 3.05) is 0 Å². The quantitative estimate of drug-likeness (QED) is 0.798. The zero-order valence-corrected chi connectivity index (χ0v) is 14.1. The van der Waals surface area contributed by atoms with Crippen LogP contribution in [0, 0.1) is 16.7 Å². The van der Waals surface area contributed by atoms with E-state index in [4.69, 9.17) is 11.6 Å². The molecule has 114 valence electrons. The summed E-state index contributed by atoms with van der Waals surface area (Å²) in [6.45, 7) is 7.51. The second-order valence-corrected chi connectivity index (χ2v) is 8.70. The van der Waals surface area contributed by atoms with Gasteiger partial charge in [0.1, 0.15) is 0 Å². The molecule has 1 aromatic carbocycles. The van der Waals surface area contributed by atoms with E-state index in [1.807, 2.05) is 6.07 Å². The van der Waals surface area contributed by atoms with E-state index >= 15 is 0 Å². The molecule has 0 aromatic heterocycles. The lowest BCUT2D eigenvalue weighted by molar-refractivity contribution is 0.115. The van der Waals surface area contributed by atoms with Crippen molar-refractivity contribution >= 4 is 11.6 Å². The number of aryl methyl sites for hydroxylation is 1. The first-order chi connectivity index (χ1) is 9.92. The van der Waals surface area contributed by atoms with Gasteiger partial charge in [-0.1, -0.05) is 38.4 Å². The van der Waals surface area contributed by atoms with Crippen molar-refractivity contribution in [3.63, 3.8) is 0 Å². The Morgan fingerprint density at radius 3 is 2.67 bits per heavy atom. The topological polar surface area (TPSA) is 12.0 Å². The van der Waals surface area contributed by atoms with Crippen molar-refractivity contribution in [2.24, 2.45) is 16.7 Å². The third kappa shape index (κ3) is 1.86. The van der Waals surface area contributed by atoms with Crippen LogP contribution in [0.5, 0.6) is 0 Å². The average molecular weight is 304 g/mol. The van der Waals surface area contributed by atoms with Crippen LogP contribution in [0.4, 0.5) is 0 Å². The van der Waals surface area contributed by atoms with Crippen LogP contribution >= 0.6 is 11.6 Å². The molecule has 1 aromatic rings. The molecule has 3 aliphatic carbocycles. The summed E-state index contributed by atoms with van der Waals surface area (Å²) in [6.07, 6.45) is 6.58. The molecule has 1 N–H and O–H groups in total. The number of rotatable bonds is 2. The van der Waals surface area contributed by atoms with Gasteiger partial charge in [0.05, 0.1) is 0 Å². The van der Waals surface area contributed by atoms with Gasteiger partial charge < -0.3 is 5.32 Å². The standard InChI is InChI=1S/C19H26ClN/c1-18(2)13-8-9-19(18,3)17(11-13)21-16-7-4-12-10-14(20)5-6-15(12)16/h5-6,10,13,16-17,21H,4,7-9,11H2,1-3H3. The number of hydrogen-bond donors (Lipinski definition) is 1. The minimum absolute atomic E-state index is 0.465. The van der Waals surface area contributed by atoms with Gasteiger partial charge in [-0.2, -0.15) is 0 Å². The Bertz CT molecular complexity index is 579. The smallest absolute Gasteiger partial charge is 0.0408 e. The Hall–Kier alpha value is -0.530. The van der Waals surface area contributed by atoms with Gasteiger partial charge in [-0.05, 0) is 72.1 Å². The van der Waals surface area contributed by atoms with Gasteiger partial charge in [0.15, 0.2) is 0 Å². The molecule has 2 heteroatoms. The largest absolute Gasteiger partial charge is 0.307 e. The fraction of sp³-hybridized carbons (Fsp3) is 0.684. The molecule has 4 atom stereocenters. The van der Waals surface area contributed by atoms with E-state index in [0.29, 0.717) is 22.9 Å². The van der Waals surface area contributed by atoms with Crippen molar-refractivity contribution in [2.45, 2.75) is 65.0 Å². The Labute approximate surface area is 133 Å². The summed E-state index contributed by atoms with van der Waals surface area (Å²) in [6, 6.07) is 7.66. The number of fused-ring (bicyclic) bond motifs is 3. The summed E-state index contributed by atoms with van der Waals surface area (Å²) >= 11 is 6.13. The van der Waals surface area contributed by atoms with Crippen molar-refractivity contribution < 1.29 is 0 Å². The normalized spacial score (nSPS) is 39.7. The lowest BCUT2D eigenvalue weighted by atomic mass is 9.69. The van der Waals surface area contributed by atoms with Crippen molar-refractivity contribution in [1.29, 1.82) is 0 Å². The van der Waals surface area contributed by atoms with Gasteiger partial charge in [0.2, 0.25) is 0 Å². The van der Waals surface area contributed by atoms with Crippen LogP contribution in [0.15, 0.2) is 18.2 Å². The molecule has 4 rings (SSSR count). The SMILES string of the molecule is CC1(C)C2CCC1(C)C(NC1CCc3cc(Cl)ccc31)C2. The molecule has 4 unspecified atom stereocenters. The van der Waals surface area contributed by atoms with Gasteiger partial charge in [0.25, 0.3) is 0 Å². The molecule has 0 heterocycles. The number of halogens is 1. The van der Waals surface area contributed by atoms with Crippen LogP contribution in [0.3, 0.4) is 0 Å². The minimum atomic E-state index is 0.465. The van der Waals surface area contributed by atoms with Gasteiger partial charge in [-0.25, -0.2) is 0 Å². The molecule has 3 aliphatic rings. The molecule has 1 nitrogen and oxygen atoms in total. The number of hydrogen-bond acceptors (Lipinski definition) is 1. The third-order valence-corrected chi connectivity index (χ3v) is 7.61. The van der Waals surface area contributed by atoms with Gasteiger partial charge in [-0.3, -0.25) is 0 Å². The van der Waals surface area contributed by atoms with Crippen LogP contribution in [0.2, 0.25) is 5.02 Å². The molecular weight excluding hydrogens is 278 g/mol. The predicted octanol–water partition coefficient (Wildman–Crippen LogP) is 5.13. The molecule has 0 aliphatic heterocycles. The summed E-state index contributed by atoms with van der Waals surface area (Å²) in [5, 5.41) is 4.92.